The molecule has 0 saturated carbocycles. The zero-order valence-electron chi connectivity index (χ0n) is 17.9. The van der Waals surface area contributed by atoms with E-state index in [-0.39, 0.29) is 0 Å². The lowest BCUT2D eigenvalue weighted by Crippen LogP contribution is -2.07. The molecule has 0 N–H and O–H groups in total. The smallest absolute Gasteiger partial charge is 0.446 e. The van der Waals surface area contributed by atoms with Gasteiger partial charge in [-0.2, -0.15) is 13.2 Å². The van der Waals surface area contributed by atoms with Crippen LogP contribution in [-0.2, 0) is 20.7 Å². The first-order valence-corrected chi connectivity index (χ1v) is 8.78. The summed E-state index contributed by atoms with van der Waals surface area (Å²) >= 11 is 0. The lowest BCUT2D eigenvalue weighted by molar-refractivity contribution is -0.156. The van der Waals surface area contributed by atoms with Crippen molar-refractivity contribution in [3.05, 3.63) is 53.0 Å². The first-order valence-electron chi connectivity index (χ1n) is 8.78. The van der Waals surface area contributed by atoms with Crippen molar-refractivity contribution in [1.82, 2.24) is 9.97 Å². The minimum atomic E-state index is -4.64. The van der Waals surface area contributed by atoms with Crippen LogP contribution in [0.5, 0.6) is 11.8 Å². The zero-order chi connectivity index (χ0) is 23.9. The fourth-order valence-corrected chi connectivity index (χ4v) is 1.94. The van der Waals surface area contributed by atoms with Crippen LogP contribution in [0.25, 0.3) is 6.08 Å². The Morgan fingerprint density at radius 3 is 1.84 bits per heavy atom. The van der Waals surface area contributed by atoms with Gasteiger partial charge < -0.3 is 19.0 Å². The molecule has 2 aromatic rings. The number of ether oxygens (including phenoxy) is 3. The van der Waals surface area contributed by atoms with Crippen LogP contribution in [0, 0.1) is 13.8 Å². The molecule has 0 radical (unpaired) electrons. The summed E-state index contributed by atoms with van der Waals surface area (Å²) in [7, 11) is 4.79. The maximum atomic E-state index is 10.4. The number of hydrogen-bond donors (Lipinski definition) is 0. The van der Waals surface area contributed by atoms with Gasteiger partial charge in [0.25, 0.3) is 0 Å². The molecule has 7 nitrogen and oxygen atoms in total. The number of halogens is 3. The number of methoxy groups -OCH3 is 3. The predicted octanol–water partition coefficient (Wildman–Crippen LogP) is 3.90. The summed E-state index contributed by atoms with van der Waals surface area (Å²) in [5.74, 6) is 1.22. The summed E-state index contributed by atoms with van der Waals surface area (Å²) in [4.78, 5) is 27.0. The number of carbonyl (C=O) groups is 2. The second-order valence-corrected chi connectivity index (χ2v) is 5.81. The molecule has 0 atom stereocenters. The van der Waals surface area contributed by atoms with Crippen molar-refractivity contribution in [2.45, 2.75) is 26.4 Å². The molecule has 10 heteroatoms. The molecule has 0 aliphatic carbocycles. The molecule has 0 aliphatic heterocycles. The Hall–Kier alpha value is -3.43. The number of nitrogens with zero attached hydrogens (tertiary/aromatic N) is 2. The van der Waals surface area contributed by atoms with Crippen LogP contribution in [0.15, 0.2) is 30.8 Å². The summed E-state index contributed by atoms with van der Waals surface area (Å²) in [6, 6.07) is 3.70. The first-order chi connectivity index (χ1) is 14.6. The Kier molecular flexibility index (Phi) is 12.9. The van der Waals surface area contributed by atoms with E-state index in [4.69, 9.17) is 19.0 Å². The predicted molar refractivity (Wildman–Crippen MR) is 109 cm³/mol. The maximum absolute atomic E-state index is 10.4. The van der Waals surface area contributed by atoms with Gasteiger partial charge in [-0.1, -0.05) is 0 Å². The number of alkyl halides is 3. The van der Waals surface area contributed by atoms with Gasteiger partial charge in [-0.05, 0) is 42.2 Å². The average molecular weight is 442 g/mol. The highest BCUT2D eigenvalue weighted by molar-refractivity contribution is 5.56. The van der Waals surface area contributed by atoms with Crippen molar-refractivity contribution < 1.29 is 37.0 Å². The molecule has 0 aliphatic rings. The number of carbonyl (C=O) groups excluding carboxylic acids is 2. The van der Waals surface area contributed by atoms with E-state index in [1.165, 1.54) is 0 Å². The number of pyridine rings is 2. The molecule has 0 spiro atoms. The Labute approximate surface area is 178 Å². The fourth-order valence-electron chi connectivity index (χ4n) is 1.94. The minimum Gasteiger partial charge on any atom is -0.504 e. The Balaban J connectivity index is 0.000000466. The molecule has 0 fully saturated rings. The largest absolute Gasteiger partial charge is 0.504 e. The second-order valence-electron chi connectivity index (χ2n) is 5.81. The van der Waals surface area contributed by atoms with Crippen LogP contribution >= 0.6 is 0 Å². The summed E-state index contributed by atoms with van der Waals surface area (Å²) in [5, 5.41) is 0. The van der Waals surface area contributed by atoms with Gasteiger partial charge in [0.2, 0.25) is 18.0 Å². The van der Waals surface area contributed by atoms with Crippen molar-refractivity contribution in [2.75, 3.05) is 21.3 Å². The van der Waals surface area contributed by atoms with E-state index in [1.807, 2.05) is 32.1 Å². The van der Waals surface area contributed by atoms with Crippen LogP contribution in [0.3, 0.4) is 0 Å². The molecule has 2 heterocycles. The zero-order valence-corrected chi connectivity index (χ0v) is 17.9. The van der Waals surface area contributed by atoms with Crippen molar-refractivity contribution >= 4 is 18.6 Å². The van der Waals surface area contributed by atoms with Crippen LogP contribution in [0.2, 0.25) is 0 Å². The normalized spacial score (nSPS) is 10.2. The van der Waals surface area contributed by atoms with Gasteiger partial charge in [-0.25, -0.2) is 9.97 Å². The Morgan fingerprint density at radius 1 is 0.935 bits per heavy atom. The second kappa shape index (κ2) is 14.5. The van der Waals surface area contributed by atoms with Crippen LogP contribution in [-0.4, -0.2) is 50.0 Å². The van der Waals surface area contributed by atoms with Gasteiger partial charge in [-0.3, -0.25) is 4.79 Å². The molecule has 0 unspecified atom stereocenters. The van der Waals surface area contributed by atoms with Crippen molar-refractivity contribution in [1.29, 1.82) is 0 Å². The topological polar surface area (TPSA) is 87.6 Å². The Morgan fingerprint density at radius 2 is 1.45 bits per heavy atom. The molecule has 31 heavy (non-hydrogen) atoms. The van der Waals surface area contributed by atoms with E-state index in [9.17, 15) is 18.0 Å². The molecule has 0 saturated heterocycles. The summed E-state index contributed by atoms with van der Waals surface area (Å²) < 4.78 is 46.0. The van der Waals surface area contributed by atoms with Gasteiger partial charge in [0.05, 0.1) is 27.6 Å². The van der Waals surface area contributed by atoms with Crippen molar-refractivity contribution in [2.24, 2.45) is 0 Å². The van der Waals surface area contributed by atoms with E-state index in [0.29, 0.717) is 18.2 Å². The lowest BCUT2D eigenvalue weighted by atomic mass is 10.1. The van der Waals surface area contributed by atoms with Gasteiger partial charge >= 0.3 is 6.18 Å². The third-order valence-corrected chi connectivity index (χ3v) is 3.56. The Bertz CT molecular complexity index is 855. The van der Waals surface area contributed by atoms with E-state index in [1.54, 1.807) is 40.0 Å². The van der Waals surface area contributed by atoms with E-state index in [2.05, 4.69) is 9.97 Å². The monoisotopic (exact) mass is 442 g/mol. The van der Waals surface area contributed by atoms with E-state index >= 15 is 0 Å². The van der Waals surface area contributed by atoms with Gasteiger partial charge in [0.15, 0.2) is 0 Å². The molecule has 170 valence electrons. The summed E-state index contributed by atoms with van der Waals surface area (Å²) in [6.45, 7) is 3.93. The molecular formula is C21H25F3N2O5. The quantitative estimate of drug-likeness (QED) is 0.495. The number of aromatic nitrogens is 2. The highest BCUT2D eigenvalue weighted by atomic mass is 19.4. The minimum absolute atomic E-state index is 0.419. The fraction of sp³-hybridized carbons (Fsp3) is 0.333. The molecule has 2 aromatic heterocycles. The standard InChI is InChI=1S/C10H13NO2.C9H11NO2.C2HF3O/c1-8-6-10(13-3)11-7-9(8)4-5-12-2;1-7-5-9(12-2)10-6-8(7)3-4-11;3-2(4,5)1-6/h4-7H,1-3H3;4-6H,3H2,1-2H3;1H/b5-4+;;. The molecule has 0 bridgehead atoms. The van der Waals surface area contributed by atoms with Gasteiger partial charge in [-0.15, -0.1) is 0 Å². The van der Waals surface area contributed by atoms with Crippen LogP contribution in [0.1, 0.15) is 22.3 Å². The third-order valence-electron chi connectivity index (χ3n) is 3.56. The van der Waals surface area contributed by atoms with E-state index < -0.39 is 12.5 Å². The van der Waals surface area contributed by atoms with Crippen molar-refractivity contribution in [3.8, 4) is 11.8 Å². The number of rotatable bonds is 6. The molecular weight excluding hydrogens is 417 g/mol. The van der Waals surface area contributed by atoms with Crippen LogP contribution in [0.4, 0.5) is 13.2 Å². The molecule has 0 amide bonds. The first kappa shape index (κ1) is 27.6. The third kappa shape index (κ3) is 12.0. The molecule has 2 rings (SSSR count). The molecule has 0 aromatic carbocycles. The lowest BCUT2D eigenvalue weighted by Gasteiger charge is -2.03. The van der Waals surface area contributed by atoms with Gasteiger partial charge in [0.1, 0.15) is 6.29 Å². The van der Waals surface area contributed by atoms with E-state index in [0.717, 1.165) is 28.5 Å². The van der Waals surface area contributed by atoms with Gasteiger partial charge in [0, 0.05) is 30.9 Å². The highest BCUT2D eigenvalue weighted by Crippen LogP contribution is 2.14. The highest BCUT2D eigenvalue weighted by Gasteiger charge is 2.24. The maximum Gasteiger partial charge on any atom is 0.446 e. The van der Waals surface area contributed by atoms with Crippen LogP contribution < -0.4 is 9.47 Å². The number of aryl methyl sites for hydroxylation is 2. The summed E-state index contributed by atoms with van der Waals surface area (Å²) in [6.07, 6.45) is 2.50. The number of hydrogen-bond acceptors (Lipinski definition) is 7. The summed E-state index contributed by atoms with van der Waals surface area (Å²) in [5.41, 5.74) is 4.13. The number of aldehydes is 2. The van der Waals surface area contributed by atoms with Crippen molar-refractivity contribution in [3.63, 3.8) is 0 Å². The average Bonchev–Trinajstić information content (AvgIpc) is 2.74. The SMILES string of the molecule is CO/C=C/c1cnc(OC)cc1C.COc1cc(C)c(CC=O)cn1.O=CC(F)(F)F.